The molecule has 0 aliphatic carbocycles. The van der Waals surface area contributed by atoms with Gasteiger partial charge in [0.2, 0.25) is 10.0 Å². The van der Waals surface area contributed by atoms with Crippen LogP contribution in [-0.2, 0) is 21.2 Å². The second-order valence-electron chi connectivity index (χ2n) is 6.46. The summed E-state index contributed by atoms with van der Waals surface area (Å²) >= 11 is 13.6. The van der Waals surface area contributed by atoms with Gasteiger partial charge in [0.15, 0.2) is 0 Å². The first-order chi connectivity index (χ1) is 14.9. The highest BCUT2D eigenvalue weighted by molar-refractivity contribution is 7.89. The first kappa shape index (κ1) is 23.4. The third-order valence-corrected chi connectivity index (χ3v) is 7.62. The summed E-state index contributed by atoms with van der Waals surface area (Å²) < 4.78 is 27.7. The van der Waals surface area contributed by atoms with E-state index in [0.29, 0.717) is 6.42 Å². The average Bonchev–Trinajstić information content (AvgIpc) is 3.27. The molecule has 0 saturated carbocycles. The lowest BCUT2D eigenvalue weighted by Gasteiger charge is -2.22. The van der Waals surface area contributed by atoms with Crippen LogP contribution in [0.2, 0.25) is 10.0 Å². The SMILES string of the molecule is O=C(CN(CCc1ccccc1)S(=O)(=O)c1cc(Cl)ccc1Cl)N/N=C\c1cccs1. The maximum atomic E-state index is 13.3. The molecule has 162 valence electrons. The van der Waals surface area contributed by atoms with Crippen molar-refractivity contribution >= 4 is 56.7 Å². The first-order valence-electron chi connectivity index (χ1n) is 9.21. The van der Waals surface area contributed by atoms with Crippen molar-refractivity contribution in [3.8, 4) is 0 Å². The monoisotopic (exact) mass is 495 g/mol. The van der Waals surface area contributed by atoms with Crippen LogP contribution in [0.25, 0.3) is 0 Å². The molecule has 10 heteroatoms. The number of sulfonamides is 1. The van der Waals surface area contributed by atoms with Gasteiger partial charge < -0.3 is 0 Å². The Labute approximate surface area is 195 Å². The van der Waals surface area contributed by atoms with Crippen molar-refractivity contribution in [1.29, 1.82) is 0 Å². The predicted octanol–water partition coefficient (Wildman–Crippen LogP) is 4.44. The number of hydrogen-bond donors (Lipinski definition) is 1. The van der Waals surface area contributed by atoms with Crippen LogP contribution in [0, 0.1) is 0 Å². The van der Waals surface area contributed by atoms with Crippen molar-refractivity contribution in [2.45, 2.75) is 11.3 Å². The molecule has 3 aromatic rings. The van der Waals surface area contributed by atoms with Crippen molar-refractivity contribution in [2.24, 2.45) is 5.10 Å². The topological polar surface area (TPSA) is 78.8 Å². The highest BCUT2D eigenvalue weighted by Crippen LogP contribution is 2.28. The number of hydrazone groups is 1. The smallest absolute Gasteiger partial charge is 0.255 e. The first-order valence-corrected chi connectivity index (χ1v) is 12.3. The average molecular weight is 496 g/mol. The number of amides is 1. The summed E-state index contributed by atoms with van der Waals surface area (Å²) in [5, 5.41) is 6.04. The molecular formula is C21H19Cl2N3O3S2. The normalized spacial score (nSPS) is 11.8. The van der Waals surface area contributed by atoms with Gasteiger partial charge >= 0.3 is 0 Å². The highest BCUT2D eigenvalue weighted by atomic mass is 35.5. The van der Waals surface area contributed by atoms with Gasteiger partial charge in [0.05, 0.1) is 17.8 Å². The molecule has 0 atom stereocenters. The number of halogens is 2. The Morgan fingerprint density at radius 2 is 1.87 bits per heavy atom. The number of carbonyl (C=O) groups is 1. The zero-order valence-electron chi connectivity index (χ0n) is 16.2. The molecule has 1 amide bonds. The van der Waals surface area contributed by atoms with Gasteiger partial charge in [-0.15, -0.1) is 11.3 Å². The lowest BCUT2D eigenvalue weighted by molar-refractivity contribution is -0.121. The van der Waals surface area contributed by atoms with Gasteiger partial charge in [-0.25, -0.2) is 13.8 Å². The Bertz CT molecular complexity index is 1150. The number of nitrogens with zero attached hydrogens (tertiary/aromatic N) is 2. The molecule has 0 fully saturated rings. The fourth-order valence-corrected chi connectivity index (χ4v) is 5.44. The number of hydrogen-bond acceptors (Lipinski definition) is 5. The summed E-state index contributed by atoms with van der Waals surface area (Å²) in [6, 6.07) is 17.3. The molecule has 0 unspecified atom stereocenters. The molecule has 0 bridgehead atoms. The Morgan fingerprint density at radius 3 is 2.58 bits per heavy atom. The van der Waals surface area contributed by atoms with E-state index in [9.17, 15) is 13.2 Å². The van der Waals surface area contributed by atoms with E-state index in [4.69, 9.17) is 23.2 Å². The summed E-state index contributed by atoms with van der Waals surface area (Å²) in [5.41, 5.74) is 3.31. The molecule has 31 heavy (non-hydrogen) atoms. The quantitative estimate of drug-likeness (QED) is 0.352. The molecule has 1 aromatic heterocycles. The second kappa shape index (κ2) is 10.9. The number of benzene rings is 2. The Hall–Kier alpha value is -2.23. The minimum absolute atomic E-state index is 0.0326. The number of thiophene rings is 1. The van der Waals surface area contributed by atoms with Crippen LogP contribution in [0.1, 0.15) is 10.4 Å². The number of rotatable bonds is 9. The molecule has 3 rings (SSSR count). The van der Waals surface area contributed by atoms with Gasteiger partial charge in [-0.05, 0) is 41.6 Å². The fraction of sp³-hybridized carbons (Fsp3) is 0.143. The van der Waals surface area contributed by atoms with Crippen LogP contribution in [0.4, 0.5) is 0 Å². The standard InChI is InChI=1S/C21H19Cl2N3O3S2/c22-17-8-9-19(23)20(13-17)31(28,29)26(11-10-16-5-2-1-3-6-16)15-21(27)25-24-14-18-7-4-12-30-18/h1-9,12-14H,10-11,15H2,(H,25,27)/b24-14-. The van der Waals surface area contributed by atoms with E-state index in [-0.39, 0.29) is 21.5 Å². The number of carbonyl (C=O) groups excluding carboxylic acids is 1. The van der Waals surface area contributed by atoms with E-state index in [1.54, 1.807) is 0 Å². The van der Waals surface area contributed by atoms with Crippen LogP contribution in [-0.4, -0.2) is 37.9 Å². The van der Waals surface area contributed by atoms with E-state index in [1.165, 1.54) is 35.8 Å². The van der Waals surface area contributed by atoms with E-state index in [2.05, 4.69) is 10.5 Å². The second-order valence-corrected chi connectivity index (χ2v) is 10.2. The molecule has 0 aliphatic heterocycles. The molecule has 1 heterocycles. The van der Waals surface area contributed by atoms with Gasteiger partial charge in [0.1, 0.15) is 4.90 Å². The molecule has 2 aromatic carbocycles. The minimum Gasteiger partial charge on any atom is -0.272 e. The van der Waals surface area contributed by atoms with Gasteiger partial charge in [-0.1, -0.05) is 59.6 Å². The van der Waals surface area contributed by atoms with E-state index >= 15 is 0 Å². The highest BCUT2D eigenvalue weighted by Gasteiger charge is 2.28. The third-order valence-electron chi connectivity index (χ3n) is 4.25. The van der Waals surface area contributed by atoms with Crippen molar-refractivity contribution in [1.82, 2.24) is 9.73 Å². The molecule has 0 radical (unpaired) electrons. The lowest BCUT2D eigenvalue weighted by atomic mass is 10.1. The summed E-state index contributed by atoms with van der Waals surface area (Å²) in [6.07, 6.45) is 1.92. The molecule has 0 aliphatic rings. The number of nitrogens with one attached hydrogen (secondary N) is 1. The Kier molecular flexibility index (Phi) is 8.22. The molecular weight excluding hydrogens is 477 g/mol. The zero-order chi connectivity index (χ0) is 22.3. The summed E-state index contributed by atoms with van der Waals surface area (Å²) in [4.78, 5) is 13.1. The van der Waals surface area contributed by atoms with E-state index in [1.807, 2.05) is 47.8 Å². The third kappa shape index (κ3) is 6.62. The summed E-state index contributed by atoms with van der Waals surface area (Å²) in [7, 11) is -4.08. The Balaban J connectivity index is 1.79. The lowest BCUT2D eigenvalue weighted by Crippen LogP contribution is -2.40. The Morgan fingerprint density at radius 1 is 1.10 bits per heavy atom. The maximum absolute atomic E-state index is 13.3. The largest absolute Gasteiger partial charge is 0.272 e. The van der Waals surface area contributed by atoms with Crippen LogP contribution in [0.15, 0.2) is 76.0 Å². The molecule has 1 N–H and O–H groups in total. The molecule has 0 spiro atoms. The van der Waals surface area contributed by atoms with Crippen LogP contribution < -0.4 is 5.43 Å². The van der Waals surface area contributed by atoms with Crippen LogP contribution in [0.5, 0.6) is 0 Å². The zero-order valence-corrected chi connectivity index (χ0v) is 19.4. The van der Waals surface area contributed by atoms with Gasteiger partial charge in [0, 0.05) is 16.4 Å². The molecule has 0 saturated heterocycles. The van der Waals surface area contributed by atoms with E-state index in [0.717, 1.165) is 14.7 Å². The molecule has 6 nitrogen and oxygen atoms in total. The van der Waals surface area contributed by atoms with Gasteiger partial charge in [-0.2, -0.15) is 9.41 Å². The van der Waals surface area contributed by atoms with Gasteiger partial charge in [-0.3, -0.25) is 4.79 Å². The fourth-order valence-electron chi connectivity index (χ4n) is 2.72. The maximum Gasteiger partial charge on any atom is 0.255 e. The van der Waals surface area contributed by atoms with Crippen molar-refractivity contribution in [2.75, 3.05) is 13.1 Å². The van der Waals surface area contributed by atoms with Crippen molar-refractivity contribution in [3.05, 3.63) is 86.5 Å². The van der Waals surface area contributed by atoms with Crippen molar-refractivity contribution < 1.29 is 13.2 Å². The van der Waals surface area contributed by atoms with Crippen molar-refractivity contribution in [3.63, 3.8) is 0 Å². The predicted molar refractivity (Wildman–Crippen MR) is 125 cm³/mol. The van der Waals surface area contributed by atoms with Crippen LogP contribution >= 0.6 is 34.5 Å². The minimum atomic E-state index is -4.08. The van der Waals surface area contributed by atoms with Crippen LogP contribution in [0.3, 0.4) is 0 Å². The summed E-state index contributed by atoms with van der Waals surface area (Å²) in [5.74, 6) is -0.567. The van der Waals surface area contributed by atoms with Gasteiger partial charge in [0.25, 0.3) is 5.91 Å². The summed E-state index contributed by atoms with van der Waals surface area (Å²) in [6.45, 7) is -0.336. The van der Waals surface area contributed by atoms with E-state index < -0.39 is 22.5 Å².